The molecule has 1 amide bonds. The normalized spacial score (nSPS) is 23.4. The molecule has 0 aromatic carbocycles. The molecule has 0 bridgehead atoms. The summed E-state index contributed by atoms with van der Waals surface area (Å²) < 4.78 is 5.02. The quantitative estimate of drug-likeness (QED) is 0.350. The van der Waals surface area contributed by atoms with Gasteiger partial charge in [-0.15, -0.1) is 0 Å². The molecule has 1 saturated carbocycles. The smallest absolute Gasteiger partial charge is 0.309 e. The number of esters is 1. The van der Waals surface area contributed by atoms with E-state index >= 15 is 0 Å². The summed E-state index contributed by atoms with van der Waals surface area (Å²) in [7, 11) is 0. The van der Waals surface area contributed by atoms with Gasteiger partial charge in [-0.05, 0) is 51.4 Å². The first kappa shape index (κ1) is 18.0. The van der Waals surface area contributed by atoms with Crippen LogP contribution in [0, 0.1) is 11.8 Å². The molecule has 2 atom stereocenters. The number of ether oxygens (including phenoxy) is 1. The molecule has 130 valence electrons. The maximum atomic E-state index is 11.9. The zero-order valence-electron chi connectivity index (χ0n) is 14.5. The fourth-order valence-electron chi connectivity index (χ4n) is 3.24. The maximum Gasteiger partial charge on any atom is 0.309 e. The van der Waals surface area contributed by atoms with E-state index in [1.54, 1.807) is 0 Å². The van der Waals surface area contributed by atoms with Crippen LogP contribution in [0.2, 0.25) is 0 Å². The molecular formula is C19H31NO3. The van der Waals surface area contributed by atoms with Crippen LogP contribution in [0.1, 0.15) is 64.7 Å². The average molecular weight is 321 g/mol. The van der Waals surface area contributed by atoms with Crippen LogP contribution in [0.25, 0.3) is 0 Å². The largest absolute Gasteiger partial charge is 0.466 e. The van der Waals surface area contributed by atoms with Gasteiger partial charge in [0.05, 0.1) is 12.5 Å². The molecule has 2 fully saturated rings. The summed E-state index contributed by atoms with van der Waals surface area (Å²) in [4.78, 5) is 25.4. The van der Waals surface area contributed by atoms with Gasteiger partial charge in [-0.2, -0.15) is 0 Å². The third-order valence-corrected chi connectivity index (χ3v) is 4.78. The molecule has 2 aliphatic rings. The minimum atomic E-state index is -0.0372. The molecule has 1 heterocycles. The van der Waals surface area contributed by atoms with E-state index in [4.69, 9.17) is 4.74 Å². The number of rotatable bonds is 10. The Kier molecular flexibility index (Phi) is 7.63. The van der Waals surface area contributed by atoms with Crippen molar-refractivity contribution in [2.75, 3.05) is 19.7 Å². The summed E-state index contributed by atoms with van der Waals surface area (Å²) in [6, 6.07) is 0. The summed E-state index contributed by atoms with van der Waals surface area (Å²) in [5.41, 5.74) is 0. The first-order chi connectivity index (χ1) is 11.2. The minimum absolute atomic E-state index is 0.0372. The van der Waals surface area contributed by atoms with Crippen molar-refractivity contribution in [1.29, 1.82) is 0 Å². The average Bonchev–Trinajstić information content (AvgIpc) is 3.10. The van der Waals surface area contributed by atoms with Crippen molar-refractivity contribution in [3.63, 3.8) is 0 Å². The Morgan fingerprint density at radius 2 is 1.87 bits per heavy atom. The molecule has 0 spiro atoms. The first-order valence-corrected chi connectivity index (χ1v) is 9.33. The highest BCUT2D eigenvalue weighted by atomic mass is 16.5. The van der Waals surface area contributed by atoms with E-state index in [9.17, 15) is 9.59 Å². The van der Waals surface area contributed by atoms with Crippen LogP contribution in [0.3, 0.4) is 0 Å². The van der Waals surface area contributed by atoms with Crippen molar-refractivity contribution >= 4 is 11.9 Å². The third-order valence-electron chi connectivity index (χ3n) is 4.78. The summed E-state index contributed by atoms with van der Waals surface area (Å²) >= 11 is 0. The molecule has 0 N–H and O–H groups in total. The predicted molar refractivity (Wildman–Crippen MR) is 90.9 cm³/mol. The molecule has 23 heavy (non-hydrogen) atoms. The van der Waals surface area contributed by atoms with Crippen LogP contribution < -0.4 is 0 Å². The first-order valence-electron chi connectivity index (χ1n) is 9.33. The molecular weight excluding hydrogens is 290 g/mol. The van der Waals surface area contributed by atoms with Crippen molar-refractivity contribution in [2.45, 2.75) is 64.7 Å². The van der Waals surface area contributed by atoms with E-state index < -0.39 is 0 Å². The van der Waals surface area contributed by atoms with Gasteiger partial charge in [0.15, 0.2) is 0 Å². The van der Waals surface area contributed by atoms with Crippen molar-refractivity contribution < 1.29 is 14.3 Å². The summed E-state index contributed by atoms with van der Waals surface area (Å²) in [6.07, 6.45) is 14.0. The van der Waals surface area contributed by atoms with Gasteiger partial charge in [0.2, 0.25) is 5.91 Å². The van der Waals surface area contributed by atoms with Crippen LogP contribution in [-0.4, -0.2) is 36.5 Å². The van der Waals surface area contributed by atoms with Gasteiger partial charge in [0.1, 0.15) is 0 Å². The number of carbonyl (C=O) groups excluding carboxylic acids is 2. The Balaban J connectivity index is 1.42. The lowest BCUT2D eigenvalue weighted by molar-refractivity contribution is -0.144. The number of unbranched alkanes of at least 4 members (excludes halogenated alkanes) is 4. The topological polar surface area (TPSA) is 46.6 Å². The number of allylic oxidation sites excluding steroid dienone is 2. The molecule has 2 rings (SSSR count). The second-order valence-corrected chi connectivity index (χ2v) is 6.73. The summed E-state index contributed by atoms with van der Waals surface area (Å²) in [5, 5.41) is 0. The fraction of sp³-hybridized carbons (Fsp3) is 0.789. The molecule has 0 aromatic rings. The lowest BCUT2D eigenvalue weighted by Gasteiger charge is -2.14. The van der Waals surface area contributed by atoms with E-state index in [-0.39, 0.29) is 11.9 Å². The van der Waals surface area contributed by atoms with Gasteiger partial charge < -0.3 is 9.64 Å². The number of amides is 1. The second kappa shape index (κ2) is 9.74. The Morgan fingerprint density at radius 3 is 2.61 bits per heavy atom. The van der Waals surface area contributed by atoms with E-state index in [1.807, 2.05) is 11.8 Å². The molecule has 1 aliphatic carbocycles. The molecule has 4 heteroatoms. The van der Waals surface area contributed by atoms with Crippen molar-refractivity contribution in [3.05, 3.63) is 12.2 Å². The van der Waals surface area contributed by atoms with E-state index in [2.05, 4.69) is 12.2 Å². The Morgan fingerprint density at radius 1 is 1.13 bits per heavy atom. The van der Waals surface area contributed by atoms with E-state index in [1.165, 1.54) is 25.7 Å². The number of nitrogens with zero attached hydrogens (tertiary/aromatic N) is 1. The number of hydrogen-bond donors (Lipinski definition) is 0. The summed E-state index contributed by atoms with van der Waals surface area (Å²) in [6.45, 7) is 4.27. The maximum absolute atomic E-state index is 11.9. The molecule has 1 saturated heterocycles. The van der Waals surface area contributed by atoms with Gasteiger partial charge in [-0.1, -0.05) is 25.0 Å². The molecule has 1 aliphatic heterocycles. The van der Waals surface area contributed by atoms with Crippen LogP contribution in [-0.2, 0) is 14.3 Å². The van der Waals surface area contributed by atoms with Gasteiger partial charge in [0, 0.05) is 19.5 Å². The fourth-order valence-corrected chi connectivity index (χ4v) is 3.24. The van der Waals surface area contributed by atoms with Crippen molar-refractivity contribution in [3.8, 4) is 0 Å². The number of likely N-dealkylation sites (tertiary alicyclic amines) is 1. The van der Waals surface area contributed by atoms with Crippen LogP contribution in [0.4, 0.5) is 0 Å². The highest BCUT2D eigenvalue weighted by molar-refractivity contribution is 5.76. The second-order valence-electron chi connectivity index (χ2n) is 6.73. The Bertz CT molecular complexity index is 413. The molecule has 4 nitrogen and oxygen atoms in total. The highest BCUT2D eigenvalue weighted by Crippen LogP contribution is 2.40. The van der Waals surface area contributed by atoms with Crippen molar-refractivity contribution in [1.82, 2.24) is 4.90 Å². The monoisotopic (exact) mass is 321 g/mol. The SMILES string of the molecule is CCOC(=O)C1CC1/C=C\CCCCCCC(=O)N1CCCC1. The zero-order valence-corrected chi connectivity index (χ0v) is 14.5. The number of hydrogen-bond acceptors (Lipinski definition) is 3. The van der Waals surface area contributed by atoms with Gasteiger partial charge in [-0.3, -0.25) is 9.59 Å². The van der Waals surface area contributed by atoms with Crippen molar-refractivity contribution in [2.24, 2.45) is 11.8 Å². The lowest BCUT2D eigenvalue weighted by Crippen LogP contribution is -2.27. The van der Waals surface area contributed by atoms with Crippen LogP contribution >= 0.6 is 0 Å². The van der Waals surface area contributed by atoms with Gasteiger partial charge in [-0.25, -0.2) is 0 Å². The standard InChI is InChI=1S/C19H31NO3/c1-2-23-19(22)17-15-16(17)11-7-5-3-4-6-8-12-18(21)20-13-9-10-14-20/h7,11,16-17H,2-6,8-10,12-15H2,1H3/b11-7-. The van der Waals surface area contributed by atoms with Gasteiger partial charge >= 0.3 is 5.97 Å². The predicted octanol–water partition coefficient (Wildman–Crippen LogP) is 3.70. The summed E-state index contributed by atoms with van der Waals surface area (Å²) in [5.74, 6) is 0.834. The Hall–Kier alpha value is -1.32. The highest BCUT2D eigenvalue weighted by Gasteiger charge is 2.42. The molecule has 0 radical (unpaired) electrons. The number of carbonyl (C=O) groups is 2. The van der Waals surface area contributed by atoms with E-state index in [0.29, 0.717) is 18.4 Å². The molecule has 0 aromatic heterocycles. The lowest BCUT2D eigenvalue weighted by atomic mass is 10.1. The zero-order chi connectivity index (χ0) is 16.5. The third kappa shape index (κ3) is 6.36. The Labute approximate surface area is 140 Å². The van der Waals surface area contributed by atoms with Crippen LogP contribution in [0.15, 0.2) is 12.2 Å². The van der Waals surface area contributed by atoms with Gasteiger partial charge in [0.25, 0.3) is 0 Å². The molecule has 2 unspecified atom stereocenters. The minimum Gasteiger partial charge on any atom is -0.466 e. The van der Waals surface area contributed by atoms with E-state index in [0.717, 1.165) is 45.2 Å². The van der Waals surface area contributed by atoms with Crippen LogP contribution in [0.5, 0.6) is 0 Å².